The number of nitrogens with two attached hydrogens (primary N) is 1. The smallest absolute Gasteiger partial charge is 0.220 e. The summed E-state index contributed by atoms with van der Waals surface area (Å²) < 4.78 is 20.2. The van der Waals surface area contributed by atoms with E-state index in [9.17, 15) is 13.2 Å². The van der Waals surface area contributed by atoms with Crippen LogP contribution in [0.1, 0.15) is 13.3 Å². The molecule has 0 heterocycles. The van der Waals surface area contributed by atoms with Crippen LogP contribution < -0.4 is 5.14 Å². The lowest BCUT2D eigenvalue weighted by atomic mass is 10.4. The van der Waals surface area contributed by atoms with Gasteiger partial charge in [0.25, 0.3) is 0 Å². The topological polar surface area (TPSA) is 77.2 Å². The van der Waals surface area contributed by atoms with Crippen LogP contribution in [-0.4, -0.2) is 14.2 Å². The van der Waals surface area contributed by atoms with E-state index in [1.807, 2.05) is 0 Å². The fourth-order valence-corrected chi connectivity index (χ4v) is 0.800. The zero-order valence-corrected chi connectivity index (χ0v) is 5.81. The normalized spacial score (nSPS) is 11.3. The van der Waals surface area contributed by atoms with Crippen molar-refractivity contribution in [3.63, 3.8) is 0 Å². The molecular formula is C4H8NO3S. The summed E-state index contributed by atoms with van der Waals surface area (Å²) in [5.41, 5.74) is 0. The van der Waals surface area contributed by atoms with Crippen LogP contribution in [-0.2, 0) is 14.8 Å². The van der Waals surface area contributed by atoms with E-state index in [2.05, 4.69) is 5.14 Å². The molecule has 0 bridgehead atoms. The number of carbonyl (C=O) groups is 1. The highest BCUT2D eigenvalue weighted by Crippen LogP contribution is 1.90. The Labute approximate surface area is 54.1 Å². The first kappa shape index (κ1) is 8.58. The summed E-state index contributed by atoms with van der Waals surface area (Å²) in [5, 5.41) is 4.51. The minimum Gasteiger partial charge on any atom is -0.298 e. The van der Waals surface area contributed by atoms with Gasteiger partial charge in [-0.25, -0.2) is 13.6 Å². The number of Topliss-reactive ketones (excluding diaryl/α,β-unsaturated/α-hetero) is 1. The summed E-state index contributed by atoms with van der Waals surface area (Å²) in [6.07, 6.45) is 0.163. The first-order valence-corrected chi connectivity index (χ1v) is 3.97. The second-order valence-electron chi connectivity index (χ2n) is 1.53. The fourth-order valence-electron chi connectivity index (χ4n) is 0.267. The van der Waals surface area contributed by atoms with E-state index in [0.717, 1.165) is 0 Å². The van der Waals surface area contributed by atoms with Gasteiger partial charge >= 0.3 is 0 Å². The first-order valence-electron chi connectivity index (χ1n) is 2.36. The molecule has 0 fully saturated rings. The van der Waals surface area contributed by atoms with Crippen molar-refractivity contribution in [3.8, 4) is 0 Å². The van der Waals surface area contributed by atoms with Crippen LogP contribution in [0.15, 0.2) is 0 Å². The van der Waals surface area contributed by atoms with Gasteiger partial charge in [-0.15, -0.1) is 0 Å². The maximum Gasteiger partial charge on any atom is 0.220 e. The van der Waals surface area contributed by atoms with E-state index in [1.54, 1.807) is 6.92 Å². The van der Waals surface area contributed by atoms with Crippen molar-refractivity contribution < 1.29 is 13.2 Å². The lowest BCUT2D eigenvalue weighted by Crippen LogP contribution is -2.16. The molecule has 2 N–H and O–H groups in total. The number of hydrogen-bond acceptors (Lipinski definition) is 3. The molecule has 9 heavy (non-hydrogen) atoms. The van der Waals surface area contributed by atoms with E-state index in [0.29, 0.717) is 5.75 Å². The zero-order valence-electron chi connectivity index (χ0n) is 4.99. The molecular weight excluding hydrogens is 142 g/mol. The van der Waals surface area contributed by atoms with E-state index in [4.69, 9.17) is 0 Å². The van der Waals surface area contributed by atoms with Gasteiger partial charge in [0.1, 0.15) is 0 Å². The first-order chi connectivity index (χ1) is 3.95. The molecule has 0 saturated heterocycles. The average Bonchev–Trinajstić information content (AvgIpc) is 1.62. The van der Waals surface area contributed by atoms with E-state index in [-0.39, 0.29) is 6.42 Å². The van der Waals surface area contributed by atoms with Crippen LogP contribution in [0.5, 0.6) is 0 Å². The predicted octanol–water partition coefficient (Wildman–Crippen LogP) is -0.584. The van der Waals surface area contributed by atoms with Gasteiger partial charge in [0, 0.05) is 6.42 Å². The molecule has 0 atom stereocenters. The quantitative estimate of drug-likeness (QED) is 0.584. The molecule has 0 aromatic heterocycles. The molecule has 4 nitrogen and oxygen atoms in total. The van der Waals surface area contributed by atoms with E-state index >= 15 is 0 Å². The highest BCUT2D eigenvalue weighted by molar-refractivity contribution is 7.92. The molecule has 0 unspecified atom stereocenters. The third-order valence-electron chi connectivity index (χ3n) is 0.644. The Morgan fingerprint density at radius 2 is 2.11 bits per heavy atom. The lowest BCUT2D eigenvalue weighted by Gasteiger charge is -1.90. The predicted molar refractivity (Wildman–Crippen MR) is 32.7 cm³/mol. The van der Waals surface area contributed by atoms with Gasteiger partial charge < -0.3 is 0 Å². The Hall–Kier alpha value is -0.420. The van der Waals surface area contributed by atoms with Crippen molar-refractivity contribution in [1.29, 1.82) is 0 Å². The molecule has 53 valence electrons. The number of hydrogen-bond donors (Lipinski definition) is 1. The zero-order chi connectivity index (χ0) is 7.49. The van der Waals surface area contributed by atoms with Gasteiger partial charge in [0.2, 0.25) is 10.0 Å². The number of sulfonamides is 1. The molecule has 0 aliphatic carbocycles. The third kappa shape index (κ3) is 5.45. The molecule has 0 aromatic rings. The average molecular weight is 150 g/mol. The van der Waals surface area contributed by atoms with Gasteiger partial charge in [-0.3, -0.25) is 4.79 Å². The minimum absolute atomic E-state index is 0.163. The van der Waals surface area contributed by atoms with Crippen LogP contribution >= 0.6 is 0 Å². The van der Waals surface area contributed by atoms with E-state index in [1.165, 1.54) is 0 Å². The van der Waals surface area contributed by atoms with Crippen molar-refractivity contribution >= 4 is 15.8 Å². The number of ketones is 1. The van der Waals surface area contributed by atoms with Crippen molar-refractivity contribution in [2.45, 2.75) is 13.3 Å². The summed E-state index contributed by atoms with van der Waals surface area (Å²) in [7, 11) is -3.71. The molecule has 0 rings (SSSR count). The molecule has 0 aliphatic rings. The molecule has 1 radical (unpaired) electrons. The minimum atomic E-state index is -3.71. The number of carbonyl (C=O) groups excluding carboxylic acids is 1. The summed E-state index contributed by atoms with van der Waals surface area (Å²) in [5.74, 6) is 0.0463. The summed E-state index contributed by atoms with van der Waals surface area (Å²) in [6.45, 7) is 1.56. The van der Waals surface area contributed by atoms with Gasteiger partial charge in [-0.2, -0.15) is 0 Å². The Morgan fingerprint density at radius 1 is 1.67 bits per heavy atom. The standard InChI is InChI=1S/C4H8NO3S/c1-2-4(6)3-9(5,7)8/h3H,2H2,1H3,(H2,5,7,8). The largest absolute Gasteiger partial charge is 0.298 e. The highest BCUT2D eigenvalue weighted by atomic mass is 32.2. The molecule has 0 aliphatic heterocycles. The van der Waals surface area contributed by atoms with Gasteiger partial charge in [0.05, 0.1) is 0 Å². The van der Waals surface area contributed by atoms with Crippen LogP contribution in [0.3, 0.4) is 0 Å². The van der Waals surface area contributed by atoms with Crippen LogP contribution in [0.4, 0.5) is 0 Å². The molecule has 0 amide bonds. The van der Waals surface area contributed by atoms with Gasteiger partial charge in [-0.1, -0.05) is 6.92 Å². The second-order valence-corrected chi connectivity index (χ2v) is 2.94. The Kier molecular flexibility index (Phi) is 2.80. The molecule has 0 aromatic carbocycles. The summed E-state index contributed by atoms with van der Waals surface area (Å²) >= 11 is 0. The maximum absolute atomic E-state index is 10.3. The SMILES string of the molecule is CCC(=O)[CH]S(N)(=O)=O. The fraction of sp³-hybridized carbons (Fsp3) is 0.500. The molecule has 0 spiro atoms. The van der Waals surface area contributed by atoms with Crippen molar-refractivity contribution in [2.75, 3.05) is 0 Å². The van der Waals surface area contributed by atoms with Gasteiger partial charge in [0.15, 0.2) is 11.5 Å². The van der Waals surface area contributed by atoms with Crippen molar-refractivity contribution in [1.82, 2.24) is 0 Å². The Morgan fingerprint density at radius 3 is 2.22 bits per heavy atom. The number of rotatable bonds is 3. The summed E-state index contributed by atoms with van der Waals surface area (Å²) in [4.78, 5) is 10.3. The number of primary sulfonamides is 1. The molecule has 5 heteroatoms. The van der Waals surface area contributed by atoms with Crippen LogP contribution in [0, 0.1) is 5.75 Å². The Bertz CT molecular complexity index is 194. The van der Waals surface area contributed by atoms with Gasteiger partial charge in [-0.05, 0) is 0 Å². The monoisotopic (exact) mass is 150 g/mol. The van der Waals surface area contributed by atoms with E-state index < -0.39 is 15.8 Å². The van der Waals surface area contributed by atoms with Crippen LogP contribution in [0.2, 0.25) is 0 Å². The van der Waals surface area contributed by atoms with Crippen molar-refractivity contribution in [3.05, 3.63) is 5.75 Å². The summed E-state index contributed by atoms with van der Waals surface area (Å²) in [6, 6.07) is 0. The van der Waals surface area contributed by atoms with Crippen molar-refractivity contribution in [2.24, 2.45) is 5.14 Å². The third-order valence-corrected chi connectivity index (χ3v) is 1.24. The second kappa shape index (κ2) is 2.93. The highest BCUT2D eigenvalue weighted by Gasteiger charge is 2.08. The van der Waals surface area contributed by atoms with Crippen LogP contribution in [0.25, 0.3) is 0 Å². The maximum atomic E-state index is 10.3. The lowest BCUT2D eigenvalue weighted by molar-refractivity contribution is -0.114. The molecule has 0 saturated carbocycles. The Balaban J connectivity index is 3.91.